The Morgan fingerprint density at radius 1 is 1.43 bits per heavy atom. The standard InChI is InChI=1S/C12H16F3N3O3/c1-17(2)7-9(19)6-16-10-4-3-8(12(13,14)15)5-11(10)18(20)21/h3-5,9,16,19H,6-7H2,1-2H3. The van der Waals surface area contributed by atoms with Gasteiger partial charge in [-0.25, -0.2) is 0 Å². The quantitative estimate of drug-likeness (QED) is 0.620. The number of rotatable bonds is 6. The summed E-state index contributed by atoms with van der Waals surface area (Å²) in [5, 5.41) is 23.1. The molecule has 0 aliphatic carbocycles. The maximum absolute atomic E-state index is 12.5. The Kier molecular flexibility index (Phi) is 5.50. The van der Waals surface area contributed by atoms with Crippen LogP contribution in [0.25, 0.3) is 0 Å². The summed E-state index contributed by atoms with van der Waals surface area (Å²) in [5.74, 6) is 0. The van der Waals surface area contributed by atoms with Crippen LogP contribution in [-0.4, -0.2) is 48.2 Å². The minimum absolute atomic E-state index is 0.00954. The van der Waals surface area contributed by atoms with Crippen molar-refractivity contribution in [3.8, 4) is 0 Å². The van der Waals surface area contributed by atoms with E-state index in [4.69, 9.17) is 0 Å². The van der Waals surface area contributed by atoms with Crippen LogP contribution in [0.2, 0.25) is 0 Å². The zero-order valence-corrected chi connectivity index (χ0v) is 11.5. The van der Waals surface area contributed by atoms with Crippen LogP contribution in [0.3, 0.4) is 0 Å². The van der Waals surface area contributed by atoms with Crippen molar-refractivity contribution >= 4 is 11.4 Å². The Balaban J connectivity index is 2.90. The second-order valence-corrected chi connectivity index (χ2v) is 4.78. The lowest BCUT2D eigenvalue weighted by molar-refractivity contribution is -0.384. The molecule has 1 rings (SSSR count). The number of hydrogen-bond acceptors (Lipinski definition) is 5. The van der Waals surface area contributed by atoms with E-state index in [2.05, 4.69) is 5.32 Å². The zero-order chi connectivity index (χ0) is 16.2. The van der Waals surface area contributed by atoms with Gasteiger partial charge >= 0.3 is 6.18 Å². The van der Waals surface area contributed by atoms with Crippen LogP contribution in [0.15, 0.2) is 18.2 Å². The van der Waals surface area contributed by atoms with E-state index in [-0.39, 0.29) is 12.2 Å². The van der Waals surface area contributed by atoms with Gasteiger partial charge in [0.1, 0.15) is 5.69 Å². The largest absolute Gasteiger partial charge is 0.416 e. The van der Waals surface area contributed by atoms with Crippen LogP contribution in [-0.2, 0) is 6.18 Å². The summed E-state index contributed by atoms with van der Waals surface area (Å²) in [4.78, 5) is 11.7. The van der Waals surface area contributed by atoms with E-state index in [1.807, 2.05) is 0 Å². The van der Waals surface area contributed by atoms with Gasteiger partial charge in [-0.05, 0) is 26.2 Å². The molecule has 0 bridgehead atoms. The average Bonchev–Trinajstić information content (AvgIpc) is 2.34. The molecule has 0 amide bonds. The van der Waals surface area contributed by atoms with E-state index in [9.17, 15) is 28.4 Å². The van der Waals surface area contributed by atoms with Crippen molar-refractivity contribution in [1.29, 1.82) is 0 Å². The highest BCUT2D eigenvalue weighted by Gasteiger charge is 2.33. The van der Waals surface area contributed by atoms with Crippen LogP contribution >= 0.6 is 0 Å². The molecule has 21 heavy (non-hydrogen) atoms. The van der Waals surface area contributed by atoms with E-state index in [1.165, 1.54) is 0 Å². The van der Waals surface area contributed by atoms with Gasteiger partial charge < -0.3 is 15.3 Å². The molecule has 0 saturated heterocycles. The molecule has 0 aromatic heterocycles. The number of benzene rings is 1. The molecule has 0 fully saturated rings. The summed E-state index contributed by atoms with van der Waals surface area (Å²) in [6.07, 6.45) is -5.45. The van der Waals surface area contributed by atoms with Gasteiger partial charge in [-0.2, -0.15) is 13.2 Å². The summed E-state index contributed by atoms with van der Waals surface area (Å²) in [7, 11) is 3.48. The first-order valence-electron chi connectivity index (χ1n) is 6.03. The predicted octanol–water partition coefficient (Wildman–Crippen LogP) is 1.95. The molecule has 1 unspecified atom stereocenters. The van der Waals surface area contributed by atoms with E-state index in [0.717, 1.165) is 12.1 Å². The summed E-state index contributed by atoms with van der Waals surface area (Å²) in [5.41, 5.74) is -1.83. The Morgan fingerprint density at radius 2 is 2.05 bits per heavy atom. The first kappa shape index (κ1) is 17.2. The van der Waals surface area contributed by atoms with Crippen molar-refractivity contribution in [1.82, 2.24) is 4.90 Å². The number of alkyl halides is 3. The smallest absolute Gasteiger partial charge is 0.390 e. The number of anilines is 1. The molecule has 0 saturated carbocycles. The summed E-state index contributed by atoms with van der Waals surface area (Å²) in [6, 6.07) is 2.22. The van der Waals surface area contributed by atoms with E-state index in [0.29, 0.717) is 12.6 Å². The van der Waals surface area contributed by atoms with Gasteiger partial charge in [0.05, 0.1) is 16.6 Å². The lowest BCUT2D eigenvalue weighted by Gasteiger charge is -2.17. The Morgan fingerprint density at radius 3 is 2.52 bits per heavy atom. The third kappa shape index (κ3) is 5.20. The molecule has 1 aromatic rings. The molecule has 9 heteroatoms. The van der Waals surface area contributed by atoms with Gasteiger partial charge in [-0.1, -0.05) is 0 Å². The second-order valence-electron chi connectivity index (χ2n) is 4.78. The van der Waals surface area contributed by atoms with Gasteiger partial charge in [-0.15, -0.1) is 0 Å². The third-order valence-corrected chi connectivity index (χ3v) is 2.63. The lowest BCUT2D eigenvalue weighted by atomic mass is 10.1. The van der Waals surface area contributed by atoms with Crippen LogP contribution in [0.5, 0.6) is 0 Å². The zero-order valence-electron chi connectivity index (χ0n) is 11.5. The van der Waals surface area contributed by atoms with E-state index in [1.54, 1.807) is 19.0 Å². The minimum Gasteiger partial charge on any atom is -0.390 e. The molecule has 0 aliphatic heterocycles. The fraction of sp³-hybridized carbons (Fsp3) is 0.500. The Labute approximate surface area is 119 Å². The number of nitrogens with zero attached hydrogens (tertiary/aromatic N) is 2. The summed E-state index contributed by atoms with van der Waals surface area (Å²) >= 11 is 0. The lowest BCUT2D eigenvalue weighted by Crippen LogP contribution is -2.31. The van der Waals surface area contributed by atoms with Crippen LogP contribution in [0.1, 0.15) is 5.56 Å². The number of nitro groups is 1. The van der Waals surface area contributed by atoms with Gasteiger partial charge in [0, 0.05) is 19.2 Å². The van der Waals surface area contributed by atoms with Crippen molar-refractivity contribution in [2.45, 2.75) is 12.3 Å². The van der Waals surface area contributed by atoms with Crippen LogP contribution in [0.4, 0.5) is 24.5 Å². The van der Waals surface area contributed by atoms with Crippen molar-refractivity contribution in [2.24, 2.45) is 0 Å². The minimum atomic E-state index is -4.65. The predicted molar refractivity (Wildman–Crippen MR) is 71.1 cm³/mol. The second kappa shape index (κ2) is 6.72. The topological polar surface area (TPSA) is 78.6 Å². The highest BCUT2D eigenvalue weighted by Crippen LogP contribution is 2.34. The highest BCUT2D eigenvalue weighted by atomic mass is 19.4. The van der Waals surface area contributed by atoms with E-state index < -0.39 is 28.5 Å². The first-order chi connectivity index (χ1) is 9.61. The van der Waals surface area contributed by atoms with Crippen molar-refractivity contribution in [2.75, 3.05) is 32.5 Å². The van der Waals surface area contributed by atoms with Crippen LogP contribution in [0, 0.1) is 10.1 Å². The number of nitrogens with one attached hydrogen (secondary N) is 1. The van der Waals surface area contributed by atoms with Gasteiger partial charge in [0.25, 0.3) is 5.69 Å². The average molecular weight is 307 g/mol. The Hall–Kier alpha value is -1.87. The fourth-order valence-corrected chi connectivity index (χ4v) is 1.72. The number of hydrogen-bond donors (Lipinski definition) is 2. The third-order valence-electron chi connectivity index (χ3n) is 2.63. The molecule has 0 aliphatic rings. The van der Waals surface area contributed by atoms with Gasteiger partial charge in [0.15, 0.2) is 0 Å². The molecular weight excluding hydrogens is 291 g/mol. The summed E-state index contributed by atoms with van der Waals surface area (Å²) < 4.78 is 37.6. The maximum atomic E-state index is 12.5. The molecule has 1 atom stereocenters. The number of likely N-dealkylation sites (N-methyl/N-ethyl adjacent to an activating group) is 1. The molecule has 6 nitrogen and oxygen atoms in total. The van der Waals surface area contributed by atoms with Crippen molar-refractivity contribution in [3.05, 3.63) is 33.9 Å². The molecular formula is C12H16F3N3O3. The molecule has 0 radical (unpaired) electrons. The number of nitro benzene ring substituents is 1. The van der Waals surface area contributed by atoms with Gasteiger partial charge in [-0.3, -0.25) is 10.1 Å². The van der Waals surface area contributed by atoms with Crippen molar-refractivity contribution < 1.29 is 23.2 Å². The normalized spacial score (nSPS) is 13.3. The van der Waals surface area contributed by atoms with E-state index >= 15 is 0 Å². The van der Waals surface area contributed by atoms with Gasteiger partial charge in [0.2, 0.25) is 0 Å². The van der Waals surface area contributed by atoms with Crippen molar-refractivity contribution in [3.63, 3.8) is 0 Å². The monoisotopic (exact) mass is 307 g/mol. The molecule has 0 heterocycles. The number of halogens is 3. The molecule has 118 valence electrons. The Bertz CT molecular complexity index is 506. The fourth-order valence-electron chi connectivity index (χ4n) is 1.72. The summed E-state index contributed by atoms with van der Waals surface area (Å²) in [6.45, 7) is 0.311. The molecule has 0 spiro atoms. The maximum Gasteiger partial charge on any atom is 0.416 e. The number of aliphatic hydroxyl groups is 1. The molecule has 2 N–H and O–H groups in total. The molecule has 1 aromatic carbocycles. The van der Waals surface area contributed by atoms with Crippen LogP contribution < -0.4 is 5.32 Å². The highest BCUT2D eigenvalue weighted by molar-refractivity contribution is 5.63. The first-order valence-corrected chi connectivity index (χ1v) is 6.03. The SMILES string of the molecule is CN(C)CC(O)CNc1ccc(C(F)(F)F)cc1[N+](=O)[O-]. The number of aliphatic hydroxyl groups excluding tert-OH is 1.